The average molecular weight is 347 g/mol. The Morgan fingerprint density at radius 2 is 2.04 bits per heavy atom. The molecule has 2 aromatic heterocycles. The van der Waals surface area contributed by atoms with E-state index in [4.69, 9.17) is 4.42 Å². The lowest BCUT2D eigenvalue weighted by atomic mass is 10.2. The summed E-state index contributed by atoms with van der Waals surface area (Å²) >= 11 is 0. The minimum absolute atomic E-state index is 0.0258. The molecule has 0 radical (unpaired) electrons. The minimum Gasteiger partial charge on any atom is -0.443 e. The number of halogens is 2. The van der Waals surface area contributed by atoms with Gasteiger partial charge in [-0.25, -0.2) is 13.8 Å². The van der Waals surface area contributed by atoms with E-state index in [1.54, 1.807) is 13.8 Å². The van der Waals surface area contributed by atoms with E-state index in [1.807, 2.05) is 0 Å². The van der Waals surface area contributed by atoms with Gasteiger partial charge in [-0.3, -0.25) is 14.2 Å². The van der Waals surface area contributed by atoms with E-state index >= 15 is 0 Å². The van der Waals surface area contributed by atoms with Gasteiger partial charge in [0.2, 0.25) is 11.6 Å². The minimum atomic E-state index is -1.05. The summed E-state index contributed by atoms with van der Waals surface area (Å²) in [5.41, 5.74) is 0.835. The lowest BCUT2D eigenvalue weighted by Crippen LogP contribution is -2.23. The van der Waals surface area contributed by atoms with Crippen molar-refractivity contribution in [2.45, 2.75) is 26.8 Å². The number of nitrogens with one attached hydrogen (secondary N) is 1. The second-order valence-corrected chi connectivity index (χ2v) is 5.63. The fraction of sp³-hybridized carbons (Fsp3) is 0.235. The second kappa shape index (κ2) is 6.46. The lowest BCUT2D eigenvalue weighted by Gasteiger charge is -2.07. The number of nitrogens with zero attached hydrogens (tertiary/aromatic N) is 2. The van der Waals surface area contributed by atoms with Crippen LogP contribution in [0.25, 0.3) is 11.1 Å². The predicted molar refractivity (Wildman–Crippen MR) is 87.3 cm³/mol. The molecule has 3 rings (SSSR count). The van der Waals surface area contributed by atoms with Crippen LogP contribution in [0.1, 0.15) is 17.7 Å². The molecule has 6 nitrogen and oxygen atoms in total. The molecule has 1 aromatic carbocycles. The molecule has 0 unspecified atom stereocenters. The van der Waals surface area contributed by atoms with Gasteiger partial charge in [0, 0.05) is 30.3 Å². The summed E-state index contributed by atoms with van der Waals surface area (Å²) in [5.74, 6) is -1.85. The van der Waals surface area contributed by atoms with Crippen LogP contribution in [0.15, 0.2) is 33.7 Å². The van der Waals surface area contributed by atoms with Crippen molar-refractivity contribution in [3.05, 3.63) is 57.8 Å². The fourth-order valence-electron chi connectivity index (χ4n) is 2.45. The molecule has 0 saturated heterocycles. The number of furan rings is 1. The van der Waals surface area contributed by atoms with Crippen LogP contribution in [0.4, 0.5) is 14.5 Å². The van der Waals surface area contributed by atoms with Crippen molar-refractivity contribution in [2.24, 2.45) is 0 Å². The van der Waals surface area contributed by atoms with Crippen LogP contribution in [-0.4, -0.2) is 15.5 Å². The van der Waals surface area contributed by atoms with Crippen LogP contribution in [0.2, 0.25) is 0 Å². The maximum Gasteiger partial charge on any atom is 0.264 e. The lowest BCUT2D eigenvalue weighted by molar-refractivity contribution is -0.116. The first-order valence-electron chi connectivity index (χ1n) is 7.57. The van der Waals surface area contributed by atoms with E-state index in [9.17, 15) is 18.4 Å². The van der Waals surface area contributed by atoms with Gasteiger partial charge < -0.3 is 9.73 Å². The monoisotopic (exact) mass is 347 g/mol. The number of aromatic nitrogens is 2. The molecule has 0 aliphatic rings. The Kier molecular flexibility index (Phi) is 4.35. The highest BCUT2D eigenvalue weighted by Crippen LogP contribution is 2.19. The number of carbonyl (C=O) groups is 1. The van der Waals surface area contributed by atoms with Crippen molar-refractivity contribution >= 4 is 22.7 Å². The Hall–Kier alpha value is -3.03. The van der Waals surface area contributed by atoms with E-state index in [0.29, 0.717) is 16.7 Å². The molecule has 130 valence electrons. The van der Waals surface area contributed by atoms with E-state index in [2.05, 4.69) is 10.3 Å². The molecule has 0 spiro atoms. The summed E-state index contributed by atoms with van der Waals surface area (Å²) in [4.78, 5) is 28.5. The number of carbonyl (C=O) groups excluding carboxylic acids is 1. The molecule has 0 atom stereocenters. The molecule has 0 aliphatic carbocycles. The van der Waals surface area contributed by atoms with Gasteiger partial charge in [-0.2, -0.15) is 0 Å². The van der Waals surface area contributed by atoms with Gasteiger partial charge in [-0.05, 0) is 26.0 Å². The number of anilines is 1. The van der Waals surface area contributed by atoms with Crippen LogP contribution < -0.4 is 10.9 Å². The number of aryl methyl sites for hydroxylation is 3. The molecule has 3 aromatic rings. The van der Waals surface area contributed by atoms with Crippen molar-refractivity contribution in [2.75, 3.05) is 5.32 Å². The molecule has 0 fully saturated rings. The molecule has 8 heteroatoms. The number of rotatable bonds is 4. The largest absolute Gasteiger partial charge is 0.443 e. The Bertz CT molecular complexity index is 1020. The van der Waals surface area contributed by atoms with Crippen molar-refractivity contribution in [3.63, 3.8) is 0 Å². The highest BCUT2D eigenvalue weighted by atomic mass is 19.2. The molecule has 0 saturated carbocycles. The molecule has 1 amide bonds. The molecule has 2 heterocycles. The maximum absolute atomic E-state index is 13.1. The van der Waals surface area contributed by atoms with Gasteiger partial charge in [0.25, 0.3) is 5.56 Å². The first kappa shape index (κ1) is 16.8. The first-order valence-corrected chi connectivity index (χ1v) is 7.57. The predicted octanol–water partition coefficient (Wildman–Crippen LogP) is 2.91. The Morgan fingerprint density at radius 1 is 1.28 bits per heavy atom. The maximum atomic E-state index is 13.1. The highest BCUT2D eigenvalue weighted by molar-refractivity contribution is 5.90. The quantitative estimate of drug-likeness (QED) is 0.787. The van der Waals surface area contributed by atoms with Gasteiger partial charge in [-0.15, -0.1) is 0 Å². The smallest absolute Gasteiger partial charge is 0.264 e. The van der Waals surface area contributed by atoms with Crippen molar-refractivity contribution in [1.29, 1.82) is 0 Å². The van der Waals surface area contributed by atoms with Gasteiger partial charge in [-0.1, -0.05) is 0 Å². The SMILES string of the molecule is Cc1oc2ncn(CCC(=O)Nc3ccc(F)c(F)c3)c(=O)c2c1C. The van der Waals surface area contributed by atoms with Crippen LogP contribution in [0, 0.1) is 25.5 Å². The Morgan fingerprint density at radius 3 is 2.76 bits per heavy atom. The second-order valence-electron chi connectivity index (χ2n) is 5.63. The standard InChI is InChI=1S/C17H15F2N3O3/c1-9-10(2)25-16-15(9)17(24)22(8-20-16)6-5-14(23)21-11-3-4-12(18)13(19)7-11/h3-4,7-8H,5-6H2,1-2H3,(H,21,23). The summed E-state index contributed by atoms with van der Waals surface area (Å²) in [6.07, 6.45) is 1.29. The van der Waals surface area contributed by atoms with Crippen LogP contribution >= 0.6 is 0 Å². The first-order chi connectivity index (χ1) is 11.9. The fourth-order valence-corrected chi connectivity index (χ4v) is 2.45. The molecule has 0 aliphatic heterocycles. The van der Waals surface area contributed by atoms with Crippen LogP contribution in [-0.2, 0) is 11.3 Å². The molecular formula is C17H15F2N3O3. The number of fused-ring (bicyclic) bond motifs is 1. The Labute approximate surface area is 141 Å². The average Bonchev–Trinajstić information content (AvgIpc) is 2.86. The zero-order valence-corrected chi connectivity index (χ0v) is 13.6. The third kappa shape index (κ3) is 3.28. The summed E-state index contributed by atoms with van der Waals surface area (Å²) in [5, 5.41) is 2.84. The number of hydrogen-bond donors (Lipinski definition) is 1. The third-order valence-corrected chi connectivity index (χ3v) is 3.94. The van der Waals surface area contributed by atoms with E-state index < -0.39 is 17.5 Å². The molecule has 0 bridgehead atoms. The van der Waals surface area contributed by atoms with E-state index in [-0.39, 0.29) is 29.9 Å². The summed E-state index contributed by atoms with van der Waals surface area (Å²) < 4.78 is 32.7. The Balaban J connectivity index is 1.73. The summed E-state index contributed by atoms with van der Waals surface area (Å²) in [6.45, 7) is 3.61. The van der Waals surface area contributed by atoms with E-state index in [0.717, 1.165) is 12.1 Å². The number of benzene rings is 1. The zero-order valence-electron chi connectivity index (χ0n) is 13.6. The molecule has 1 N–H and O–H groups in total. The topological polar surface area (TPSA) is 77.1 Å². The van der Waals surface area contributed by atoms with Gasteiger partial charge in [0.05, 0.1) is 0 Å². The van der Waals surface area contributed by atoms with Gasteiger partial charge in [0.1, 0.15) is 17.5 Å². The van der Waals surface area contributed by atoms with Crippen LogP contribution in [0.3, 0.4) is 0 Å². The van der Waals surface area contributed by atoms with Gasteiger partial charge in [0.15, 0.2) is 11.6 Å². The number of amides is 1. The van der Waals surface area contributed by atoms with Crippen molar-refractivity contribution in [3.8, 4) is 0 Å². The van der Waals surface area contributed by atoms with E-state index in [1.165, 1.54) is 17.0 Å². The summed E-state index contributed by atoms with van der Waals surface area (Å²) in [6, 6.07) is 3.08. The zero-order chi connectivity index (χ0) is 18.1. The molecule has 25 heavy (non-hydrogen) atoms. The van der Waals surface area contributed by atoms with Gasteiger partial charge >= 0.3 is 0 Å². The molecular weight excluding hydrogens is 332 g/mol. The number of hydrogen-bond acceptors (Lipinski definition) is 4. The summed E-state index contributed by atoms with van der Waals surface area (Å²) in [7, 11) is 0. The van der Waals surface area contributed by atoms with Crippen molar-refractivity contribution in [1.82, 2.24) is 9.55 Å². The highest BCUT2D eigenvalue weighted by Gasteiger charge is 2.14. The third-order valence-electron chi connectivity index (χ3n) is 3.94. The normalized spacial score (nSPS) is 11.0. The van der Waals surface area contributed by atoms with Crippen LogP contribution in [0.5, 0.6) is 0 Å². The van der Waals surface area contributed by atoms with Crippen molar-refractivity contribution < 1.29 is 18.0 Å².